The fraction of sp³-hybridized carbons (Fsp3) is 0.524. The molecule has 3 heterocycles. The summed E-state index contributed by atoms with van der Waals surface area (Å²) in [5.74, 6) is 1.28. The van der Waals surface area contributed by atoms with Crippen molar-refractivity contribution in [2.45, 2.75) is 50.7 Å². The van der Waals surface area contributed by atoms with Gasteiger partial charge in [0.2, 0.25) is 0 Å². The number of aromatic nitrogens is 4. The van der Waals surface area contributed by atoms with Gasteiger partial charge in [0.05, 0.1) is 12.6 Å². The highest BCUT2D eigenvalue weighted by molar-refractivity contribution is 5.96. The summed E-state index contributed by atoms with van der Waals surface area (Å²) in [7, 11) is 0. The number of carbonyl (C=O) groups is 1. The summed E-state index contributed by atoms with van der Waals surface area (Å²) < 4.78 is 7.70. The van der Waals surface area contributed by atoms with E-state index in [1.54, 1.807) is 0 Å². The third kappa shape index (κ3) is 3.11. The molecule has 3 aliphatic rings. The lowest BCUT2D eigenvalue weighted by molar-refractivity contribution is 0.0908. The van der Waals surface area contributed by atoms with Crippen LogP contribution in [0.4, 0.5) is 0 Å². The van der Waals surface area contributed by atoms with Crippen molar-refractivity contribution >= 4 is 16.9 Å². The molecule has 1 aromatic carbocycles. The highest BCUT2D eigenvalue weighted by Crippen LogP contribution is 2.54. The number of fused-ring (bicyclic) bond motifs is 1. The van der Waals surface area contributed by atoms with Crippen LogP contribution in [-0.2, 0) is 6.54 Å². The summed E-state index contributed by atoms with van der Waals surface area (Å²) in [4.78, 5) is 15.1. The summed E-state index contributed by atoms with van der Waals surface area (Å²) in [6, 6.07) is 10.3. The maximum absolute atomic E-state index is 12.6. The molecule has 1 spiro atoms. The van der Waals surface area contributed by atoms with Gasteiger partial charge in [0, 0.05) is 11.4 Å². The van der Waals surface area contributed by atoms with Crippen molar-refractivity contribution in [3.05, 3.63) is 41.9 Å². The van der Waals surface area contributed by atoms with Crippen LogP contribution in [0, 0.1) is 5.41 Å². The average Bonchev–Trinajstić information content (AvgIpc) is 3.58. The number of furan rings is 1. The van der Waals surface area contributed by atoms with Gasteiger partial charge in [0.1, 0.15) is 5.58 Å². The monoisotopic (exact) mass is 392 g/mol. The number of hydrogen-bond acceptors (Lipinski definition) is 6. The molecular formula is C21H24N6O2. The first-order valence-electron chi connectivity index (χ1n) is 10.5. The van der Waals surface area contributed by atoms with Gasteiger partial charge in [-0.05, 0) is 73.2 Å². The summed E-state index contributed by atoms with van der Waals surface area (Å²) in [5, 5.41) is 16.4. The normalized spacial score (nSPS) is 23.5. The van der Waals surface area contributed by atoms with Gasteiger partial charge in [-0.2, -0.15) is 0 Å². The van der Waals surface area contributed by atoms with E-state index in [0.29, 0.717) is 11.8 Å². The molecule has 150 valence electrons. The third-order valence-electron chi connectivity index (χ3n) is 6.81. The minimum Gasteiger partial charge on any atom is -0.451 e. The molecule has 8 heteroatoms. The van der Waals surface area contributed by atoms with Crippen LogP contribution in [0.15, 0.2) is 34.7 Å². The van der Waals surface area contributed by atoms with Gasteiger partial charge in [-0.15, -0.1) is 5.10 Å². The molecule has 1 N–H and O–H groups in total. The zero-order valence-corrected chi connectivity index (χ0v) is 16.3. The topological polar surface area (TPSA) is 89.1 Å². The number of benzene rings is 1. The lowest BCUT2D eigenvalue weighted by Gasteiger charge is -2.32. The number of piperidine rings is 1. The first kappa shape index (κ1) is 17.1. The van der Waals surface area contributed by atoms with Crippen molar-refractivity contribution in [3.8, 4) is 0 Å². The zero-order valence-electron chi connectivity index (χ0n) is 16.3. The molecule has 8 nitrogen and oxygen atoms in total. The maximum atomic E-state index is 12.6. The smallest absolute Gasteiger partial charge is 0.287 e. The Morgan fingerprint density at radius 2 is 2.07 bits per heavy atom. The molecule has 3 aromatic rings. The maximum Gasteiger partial charge on any atom is 0.287 e. The number of nitrogens with one attached hydrogen (secondary N) is 1. The van der Waals surface area contributed by atoms with Crippen LogP contribution in [0.25, 0.3) is 11.0 Å². The Morgan fingerprint density at radius 1 is 1.24 bits per heavy atom. The van der Waals surface area contributed by atoms with Crippen molar-refractivity contribution in [1.29, 1.82) is 0 Å². The second kappa shape index (κ2) is 6.38. The van der Waals surface area contributed by atoms with Crippen molar-refractivity contribution in [3.63, 3.8) is 0 Å². The second-order valence-electron chi connectivity index (χ2n) is 8.79. The molecule has 29 heavy (non-hydrogen) atoms. The predicted molar refractivity (Wildman–Crippen MR) is 105 cm³/mol. The molecule has 1 saturated heterocycles. The fourth-order valence-electron chi connectivity index (χ4n) is 4.70. The summed E-state index contributed by atoms with van der Waals surface area (Å²) >= 11 is 0. The number of rotatable bonds is 5. The van der Waals surface area contributed by atoms with Gasteiger partial charge in [-0.25, -0.2) is 4.68 Å². The van der Waals surface area contributed by atoms with E-state index in [-0.39, 0.29) is 17.4 Å². The van der Waals surface area contributed by atoms with E-state index in [1.165, 1.54) is 12.8 Å². The highest BCUT2D eigenvalue weighted by Gasteiger charge is 2.55. The standard InChI is InChI=1S/C21H24N6O2/c28-20(17-11-14-3-1-2-4-16(14)29-17)22-18-12-21(18)7-9-26(10-8-21)13-19-23-24-25-27(19)15-5-6-15/h1-4,11,15,18H,5-10,12-13H2,(H,22,28). The SMILES string of the molecule is O=C(NC1CC12CCN(Cc1nnnn1C1CC1)CC2)c1cc2ccccc2o1. The predicted octanol–water partition coefficient (Wildman–Crippen LogP) is 2.54. The number of likely N-dealkylation sites (tertiary alicyclic amines) is 1. The number of carbonyl (C=O) groups excluding carboxylic acids is 1. The summed E-state index contributed by atoms with van der Waals surface area (Å²) in [6.45, 7) is 2.86. The van der Waals surface area contributed by atoms with E-state index in [2.05, 4.69) is 25.7 Å². The van der Waals surface area contributed by atoms with Gasteiger partial charge >= 0.3 is 0 Å². The quantitative estimate of drug-likeness (QED) is 0.718. The van der Waals surface area contributed by atoms with Crippen LogP contribution >= 0.6 is 0 Å². The minimum atomic E-state index is -0.103. The van der Waals surface area contributed by atoms with Crippen molar-refractivity contribution in [2.24, 2.45) is 5.41 Å². The van der Waals surface area contributed by atoms with Crippen LogP contribution in [0.3, 0.4) is 0 Å². The second-order valence-corrected chi connectivity index (χ2v) is 8.79. The molecule has 0 bridgehead atoms. The fourth-order valence-corrected chi connectivity index (χ4v) is 4.70. The van der Waals surface area contributed by atoms with E-state index in [0.717, 1.165) is 55.7 Å². The van der Waals surface area contributed by atoms with Crippen molar-refractivity contribution < 1.29 is 9.21 Å². The first-order chi connectivity index (χ1) is 14.2. The molecule has 1 unspecified atom stereocenters. The molecular weight excluding hydrogens is 368 g/mol. The first-order valence-corrected chi connectivity index (χ1v) is 10.5. The van der Waals surface area contributed by atoms with Crippen LogP contribution in [0.1, 0.15) is 54.5 Å². The number of amides is 1. The van der Waals surface area contributed by atoms with Gasteiger partial charge < -0.3 is 9.73 Å². The Morgan fingerprint density at radius 3 is 2.86 bits per heavy atom. The van der Waals surface area contributed by atoms with Gasteiger partial charge in [-0.1, -0.05) is 18.2 Å². The molecule has 6 rings (SSSR count). The number of hydrogen-bond donors (Lipinski definition) is 1. The van der Waals surface area contributed by atoms with Crippen molar-refractivity contribution in [2.75, 3.05) is 13.1 Å². The summed E-state index contributed by atoms with van der Waals surface area (Å²) in [6.07, 6.45) is 5.64. The van der Waals surface area contributed by atoms with E-state index in [1.807, 2.05) is 35.0 Å². The Bertz CT molecular complexity index is 1030. The molecule has 1 aliphatic heterocycles. The Labute approximate surface area is 168 Å². The van der Waals surface area contributed by atoms with Gasteiger partial charge in [0.25, 0.3) is 5.91 Å². The van der Waals surface area contributed by atoms with Gasteiger partial charge in [0.15, 0.2) is 11.6 Å². The molecule has 1 atom stereocenters. The molecule has 2 aliphatic carbocycles. The molecule has 2 aromatic heterocycles. The molecule has 2 saturated carbocycles. The lowest BCUT2D eigenvalue weighted by Crippen LogP contribution is -2.38. The molecule has 1 amide bonds. The zero-order chi connectivity index (χ0) is 19.4. The molecule has 3 fully saturated rings. The number of para-hydroxylation sites is 1. The van der Waals surface area contributed by atoms with Crippen LogP contribution in [0.5, 0.6) is 0 Å². The Kier molecular flexibility index (Phi) is 3.77. The van der Waals surface area contributed by atoms with Gasteiger partial charge in [-0.3, -0.25) is 9.69 Å². The summed E-state index contributed by atoms with van der Waals surface area (Å²) in [5.41, 5.74) is 1.01. The molecule has 0 radical (unpaired) electrons. The van der Waals surface area contributed by atoms with Crippen LogP contribution < -0.4 is 5.32 Å². The van der Waals surface area contributed by atoms with E-state index >= 15 is 0 Å². The third-order valence-corrected chi connectivity index (χ3v) is 6.81. The van der Waals surface area contributed by atoms with Crippen molar-refractivity contribution in [1.82, 2.24) is 30.4 Å². The highest BCUT2D eigenvalue weighted by atomic mass is 16.3. The van der Waals surface area contributed by atoms with E-state index in [4.69, 9.17) is 4.42 Å². The van der Waals surface area contributed by atoms with Crippen LogP contribution in [0.2, 0.25) is 0 Å². The van der Waals surface area contributed by atoms with E-state index < -0.39 is 0 Å². The number of tetrazole rings is 1. The van der Waals surface area contributed by atoms with Crippen LogP contribution in [-0.4, -0.2) is 50.1 Å². The number of nitrogens with zero attached hydrogens (tertiary/aromatic N) is 5. The average molecular weight is 392 g/mol. The Balaban J connectivity index is 1.05. The minimum absolute atomic E-state index is 0.103. The lowest BCUT2D eigenvalue weighted by atomic mass is 9.92. The largest absolute Gasteiger partial charge is 0.451 e. The van der Waals surface area contributed by atoms with E-state index in [9.17, 15) is 4.79 Å². The Hall–Kier alpha value is -2.74.